The first-order valence-corrected chi connectivity index (χ1v) is 24.3. The second kappa shape index (κ2) is 18.0. The average Bonchev–Trinajstić information content (AvgIpc) is 3.26. The molecule has 0 aromatic rings. The first kappa shape index (κ1) is 51.4. The number of aliphatic carboxylic acids is 2. The first-order valence-electron chi connectivity index (χ1n) is 24.3. The van der Waals surface area contributed by atoms with Crippen LogP contribution in [0.5, 0.6) is 0 Å². The van der Waals surface area contributed by atoms with Crippen LogP contribution in [0.4, 0.5) is 0 Å². The molecule has 3 heterocycles. The smallest absolute Gasteiger partial charge is 0.335 e. The number of carbonyl (C=O) groups is 2. The second-order valence-corrected chi connectivity index (χ2v) is 23.5. The number of fused-ring (bicyclic) bond motifs is 7. The molecule has 8 rings (SSSR count). The predicted octanol–water partition coefficient (Wildman–Crippen LogP) is 0.799. The summed E-state index contributed by atoms with van der Waals surface area (Å²) < 4.78 is 36.4. The normalized spacial score (nSPS) is 52.7. The van der Waals surface area contributed by atoms with Gasteiger partial charge in [-0.2, -0.15) is 0 Å². The van der Waals surface area contributed by atoms with Gasteiger partial charge in [-0.25, -0.2) is 4.79 Å². The predicted molar refractivity (Wildman–Crippen MR) is 231 cm³/mol. The number of rotatable bonds is 10. The molecule has 19 heteroatoms. The van der Waals surface area contributed by atoms with Gasteiger partial charge >= 0.3 is 11.9 Å². The van der Waals surface area contributed by atoms with E-state index in [-0.39, 0.29) is 39.4 Å². The van der Waals surface area contributed by atoms with Crippen molar-refractivity contribution in [3.8, 4) is 0 Å². The summed E-state index contributed by atoms with van der Waals surface area (Å²) >= 11 is 0. The summed E-state index contributed by atoms with van der Waals surface area (Å²) in [6, 6.07) is 0. The Balaban J connectivity index is 1.11. The van der Waals surface area contributed by atoms with Gasteiger partial charge in [-0.1, -0.05) is 60.1 Å². The Kier molecular flexibility index (Phi) is 13.8. The second-order valence-electron chi connectivity index (χ2n) is 23.5. The maximum Gasteiger partial charge on any atom is 0.335 e. The third-order valence-electron chi connectivity index (χ3n) is 19.3. The molecule has 5 aliphatic carbocycles. The van der Waals surface area contributed by atoms with E-state index >= 15 is 0 Å². The van der Waals surface area contributed by atoms with Gasteiger partial charge in [0, 0.05) is 0 Å². The summed E-state index contributed by atoms with van der Waals surface area (Å²) in [5.41, 5.74) is -0.618. The maximum atomic E-state index is 13.2. The third-order valence-corrected chi connectivity index (χ3v) is 19.3. The summed E-state index contributed by atoms with van der Waals surface area (Å²) in [6.45, 7) is 14.2. The monoisotopic (exact) mass is 956 g/mol. The Bertz CT molecular complexity index is 1870. The van der Waals surface area contributed by atoms with Crippen molar-refractivity contribution < 1.29 is 94.2 Å². The molecule has 4 saturated carbocycles. The topological polar surface area (TPSA) is 312 Å². The Hall–Kier alpha value is -1.92. The zero-order valence-corrected chi connectivity index (χ0v) is 39.7. The van der Waals surface area contributed by atoms with Gasteiger partial charge in [0.05, 0.1) is 24.7 Å². The van der Waals surface area contributed by atoms with Crippen molar-refractivity contribution >= 4 is 11.9 Å². The lowest BCUT2D eigenvalue weighted by Crippen LogP contribution is -2.68. The Morgan fingerprint density at radius 3 is 1.75 bits per heavy atom. The van der Waals surface area contributed by atoms with E-state index < -0.39 is 134 Å². The number of aliphatic hydroxyl groups excluding tert-OH is 9. The first-order chi connectivity index (χ1) is 31.2. The molecule has 0 amide bonds. The van der Waals surface area contributed by atoms with Gasteiger partial charge in [0.2, 0.25) is 0 Å². The van der Waals surface area contributed by atoms with Crippen LogP contribution in [0.15, 0.2) is 11.6 Å². The largest absolute Gasteiger partial charge is 0.481 e. The molecule has 0 radical (unpaired) electrons. The van der Waals surface area contributed by atoms with Crippen molar-refractivity contribution in [3.05, 3.63) is 11.6 Å². The summed E-state index contributed by atoms with van der Waals surface area (Å²) in [5.74, 6) is -2.06. The van der Waals surface area contributed by atoms with Crippen LogP contribution in [0.2, 0.25) is 0 Å². The fraction of sp³-hybridized carbons (Fsp3) is 0.917. The lowest BCUT2D eigenvalue weighted by Gasteiger charge is -2.71. The highest BCUT2D eigenvalue weighted by molar-refractivity contribution is 5.76. The highest BCUT2D eigenvalue weighted by Crippen LogP contribution is 2.76. The minimum absolute atomic E-state index is 0.0299. The molecule has 7 fully saturated rings. The average molecular weight is 957 g/mol. The molecular weight excluding hydrogens is 881 g/mol. The Labute approximate surface area is 391 Å². The number of allylic oxidation sites excluding steroid dienone is 2. The molecule has 0 aromatic heterocycles. The van der Waals surface area contributed by atoms with Gasteiger partial charge in [0.25, 0.3) is 0 Å². The zero-order valence-electron chi connectivity index (χ0n) is 39.7. The summed E-state index contributed by atoms with van der Waals surface area (Å²) in [7, 11) is 0. The molecule has 8 aliphatic rings. The van der Waals surface area contributed by atoms with Crippen molar-refractivity contribution in [1.29, 1.82) is 0 Å². The highest BCUT2D eigenvalue weighted by atomic mass is 16.8. The van der Waals surface area contributed by atoms with Gasteiger partial charge in [0.15, 0.2) is 25.0 Å². The third kappa shape index (κ3) is 8.06. The van der Waals surface area contributed by atoms with Crippen molar-refractivity contribution in [2.75, 3.05) is 13.2 Å². The van der Waals surface area contributed by atoms with Crippen LogP contribution < -0.4 is 0 Å². The molecule has 2 unspecified atom stereocenters. The van der Waals surface area contributed by atoms with E-state index in [0.717, 1.165) is 38.5 Å². The van der Waals surface area contributed by atoms with E-state index in [2.05, 4.69) is 54.5 Å². The SMILES string of the molecule is CC1(C)CC[C@@]2(C(=O)O)CC[C@@]3(C)C(=CCC4[C@]5(C)CC[C@@H](O[C@H]6O[C@@H](C(=O)O)[C@H](O)[C@@H](O[C@H]7O[C@@H](CO)[C@@H](O)[C@@H](O)[C@@H]7O)[C@@H]6O[C@H]6O[C@@H](CO)[C@H](O)[C@@H](O)[C@@H]6O)C(C)(C)C5CC[C@@]43C)[C@H]2C1. The van der Waals surface area contributed by atoms with Gasteiger partial charge in [-0.05, 0) is 109 Å². The van der Waals surface area contributed by atoms with E-state index in [4.69, 9.17) is 28.4 Å². The van der Waals surface area contributed by atoms with E-state index in [0.29, 0.717) is 25.7 Å². The standard InChI is InChI=1S/C48H76O19/c1-43(2)14-16-48(42(60)61)17-15-46(6)21(22(48)18-43)8-9-26-45(5)12-11-27(44(3,4)25(45)10-13-47(26,46)7)64-41-37(67-40-33(56)31(54)29(52)24(20-50)63-40)35(34(57)36(66-41)38(58)59)65-39-32(55)30(53)28(51)23(19-49)62-39/h8,22-37,39-41,49-57H,9-20H2,1-7H3,(H,58,59)(H,60,61)/t22-,23+,24+,25?,26?,27-,28-,29+,30-,31-,32+,33+,34-,35-,36-,37+,39-,40-,41+,45-,46+,47+,48-/m1/s1. The molecular formula is C48H76O19. The molecule has 67 heavy (non-hydrogen) atoms. The van der Waals surface area contributed by atoms with Gasteiger partial charge < -0.3 is 84.6 Å². The van der Waals surface area contributed by atoms with Crippen LogP contribution in [0, 0.1) is 50.2 Å². The Morgan fingerprint density at radius 2 is 1.19 bits per heavy atom. The molecule has 19 nitrogen and oxygen atoms in total. The minimum atomic E-state index is -2.12. The molecule has 3 saturated heterocycles. The number of aliphatic hydroxyl groups is 9. The number of carboxylic acid groups (broad SMARTS) is 2. The van der Waals surface area contributed by atoms with E-state index in [1.165, 1.54) is 5.57 Å². The Morgan fingerprint density at radius 1 is 0.627 bits per heavy atom. The molecule has 0 spiro atoms. The van der Waals surface area contributed by atoms with E-state index in [1.54, 1.807) is 0 Å². The maximum absolute atomic E-state index is 13.2. The lowest BCUT2D eigenvalue weighted by atomic mass is 9.33. The van der Waals surface area contributed by atoms with Crippen molar-refractivity contribution in [3.63, 3.8) is 0 Å². The van der Waals surface area contributed by atoms with Gasteiger partial charge in [-0.3, -0.25) is 4.79 Å². The fourth-order valence-corrected chi connectivity index (χ4v) is 15.1. The van der Waals surface area contributed by atoms with E-state index in [9.17, 15) is 65.8 Å². The molecule has 11 N–H and O–H groups in total. The molecule has 382 valence electrons. The highest BCUT2D eigenvalue weighted by Gasteiger charge is 2.70. The van der Waals surface area contributed by atoms with Crippen LogP contribution >= 0.6 is 0 Å². The van der Waals surface area contributed by atoms with Crippen LogP contribution in [0.25, 0.3) is 0 Å². The number of hydrogen-bond donors (Lipinski definition) is 11. The number of ether oxygens (including phenoxy) is 6. The molecule has 23 atom stereocenters. The minimum Gasteiger partial charge on any atom is -0.481 e. The molecule has 0 bridgehead atoms. The van der Waals surface area contributed by atoms with Crippen molar-refractivity contribution in [2.45, 2.75) is 211 Å². The number of hydrogen-bond acceptors (Lipinski definition) is 17. The number of carboxylic acids is 2. The summed E-state index contributed by atoms with van der Waals surface area (Å²) in [5, 5.41) is 117. The summed E-state index contributed by atoms with van der Waals surface area (Å²) in [4.78, 5) is 26.0. The van der Waals surface area contributed by atoms with Crippen molar-refractivity contribution in [1.82, 2.24) is 0 Å². The summed E-state index contributed by atoms with van der Waals surface area (Å²) in [6.07, 6.45) is -18.3. The fourth-order valence-electron chi connectivity index (χ4n) is 15.1. The quantitative estimate of drug-likeness (QED) is 0.107. The zero-order chi connectivity index (χ0) is 49.1. The van der Waals surface area contributed by atoms with Gasteiger partial charge in [0.1, 0.15) is 67.1 Å². The van der Waals surface area contributed by atoms with E-state index in [1.807, 2.05) is 0 Å². The van der Waals surface area contributed by atoms with Crippen molar-refractivity contribution in [2.24, 2.45) is 50.2 Å². The van der Waals surface area contributed by atoms with Crippen LogP contribution in [-0.4, -0.2) is 180 Å². The van der Waals surface area contributed by atoms with Crippen LogP contribution in [0.1, 0.15) is 113 Å². The van der Waals surface area contributed by atoms with Gasteiger partial charge in [-0.15, -0.1) is 0 Å². The van der Waals surface area contributed by atoms with Crippen LogP contribution in [0.3, 0.4) is 0 Å². The molecule has 3 aliphatic heterocycles. The molecule has 0 aromatic carbocycles. The van der Waals surface area contributed by atoms with Crippen LogP contribution in [-0.2, 0) is 38.0 Å². The lowest BCUT2D eigenvalue weighted by molar-refractivity contribution is -0.396.